The summed E-state index contributed by atoms with van der Waals surface area (Å²) in [6, 6.07) is 15.8. The Morgan fingerprint density at radius 3 is 2.23 bits per heavy atom. The lowest BCUT2D eigenvalue weighted by atomic mass is 9.44. The van der Waals surface area contributed by atoms with Gasteiger partial charge in [0.05, 0.1) is 18.9 Å². The zero-order valence-electron chi connectivity index (χ0n) is 36.9. The van der Waals surface area contributed by atoms with Crippen LogP contribution >= 0.6 is 0 Å². The van der Waals surface area contributed by atoms with Gasteiger partial charge in [-0.2, -0.15) is 0 Å². The van der Waals surface area contributed by atoms with Gasteiger partial charge in [-0.3, -0.25) is 4.79 Å². The molecule has 2 aromatic carbocycles. The number of carbonyl (C=O) groups is 1. The Hall–Kier alpha value is -2.41. The molecule has 5 nitrogen and oxygen atoms in total. The minimum Gasteiger partial charge on any atom is -0.494 e. The van der Waals surface area contributed by atoms with Gasteiger partial charge in [0, 0.05) is 19.3 Å². The molecule has 316 valence electrons. The number of fused-ring (bicyclic) bond motifs is 5. The van der Waals surface area contributed by atoms with Gasteiger partial charge >= 0.3 is 0 Å². The van der Waals surface area contributed by atoms with Crippen LogP contribution in [-0.4, -0.2) is 47.5 Å². The van der Waals surface area contributed by atoms with Crippen LogP contribution in [0.2, 0.25) is 6.55 Å². The van der Waals surface area contributed by atoms with Crippen molar-refractivity contribution in [3.63, 3.8) is 0 Å². The molecule has 10 unspecified atom stereocenters. The Bertz CT molecular complexity index is 1550. The molecule has 0 aromatic heterocycles. The second-order valence-electron chi connectivity index (χ2n) is 19.9. The molecule has 6 rings (SSSR count). The zero-order valence-corrected chi connectivity index (χ0v) is 38.1. The molecule has 4 aliphatic rings. The first-order chi connectivity index (χ1) is 27.5. The van der Waals surface area contributed by atoms with E-state index in [1.54, 1.807) is 13.2 Å². The van der Waals surface area contributed by atoms with Gasteiger partial charge in [-0.15, -0.1) is 0 Å². The summed E-state index contributed by atoms with van der Waals surface area (Å²) in [6.45, 7) is 16.4. The molecule has 57 heavy (non-hydrogen) atoms. The topological polar surface area (TPSA) is 54.0 Å². The number of carbonyl (C=O) groups excluding carboxylic acids is 1. The lowest BCUT2D eigenvalue weighted by Crippen LogP contribution is -2.54. The van der Waals surface area contributed by atoms with Crippen molar-refractivity contribution in [1.82, 2.24) is 0 Å². The maximum Gasteiger partial charge on any atom is 0.198 e. The zero-order chi connectivity index (χ0) is 40.4. The minimum atomic E-state index is -1.11. The van der Waals surface area contributed by atoms with Crippen LogP contribution < -0.4 is 9.47 Å². The largest absolute Gasteiger partial charge is 0.494 e. The molecule has 0 aliphatic heterocycles. The van der Waals surface area contributed by atoms with Crippen LogP contribution in [0.4, 0.5) is 0 Å². The van der Waals surface area contributed by atoms with Crippen molar-refractivity contribution in [2.24, 2.45) is 52.3 Å². The fourth-order valence-corrected chi connectivity index (χ4v) is 13.0. The highest BCUT2D eigenvalue weighted by molar-refractivity contribution is 6.49. The molecular weight excluding hydrogens is 721 g/mol. The van der Waals surface area contributed by atoms with Gasteiger partial charge in [-0.25, -0.2) is 0 Å². The molecule has 0 amide bonds. The summed E-state index contributed by atoms with van der Waals surface area (Å²) in [4.78, 5) is 13.1. The first-order valence-electron chi connectivity index (χ1n) is 23.3. The molecule has 10 atom stereocenters. The van der Waals surface area contributed by atoms with Crippen molar-refractivity contribution < 1.29 is 23.4 Å². The second-order valence-corrected chi connectivity index (χ2v) is 22.3. The Labute approximate surface area is 349 Å². The number of ketones is 1. The van der Waals surface area contributed by atoms with E-state index in [0.29, 0.717) is 23.0 Å². The summed E-state index contributed by atoms with van der Waals surface area (Å²) in [5.41, 5.74) is 2.69. The smallest absolute Gasteiger partial charge is 0.198 e. The fourth-order valence-electron chi connectivity index (χ4n) is 12.4. The highest BCUT2D eigenvalue weighted by atomic mass is 28.3. The Morgan fingerprint density at radius 2 is 1.49 bits per heavy atom. The van der Waals surface area contributed by atoms with E-state index in [9.17, 15) is 4.79 Å². The van der Waals surface area contributed by atoms with E-state index in [-0.39, 0.29) is 11.9 Å². The van der Waals surface area contributed by atoms with Crippen LogP contribution in [0.25, 0.3) is 6.08 Å². The molecule has 0 saturated heterocycles. The average Bonchev–Trinajstić information content (AvgIpc) is 3.57. The van der Waals surface area contributed by atoms with E-state index < -0.39 is 9.04 Å². The molecule has 4 aliphatic carbocycles. The summed E-state index contributed by atoms with van der Waals surface area (Å²) in [5.74, 6) is 7.93. The predicted molar refractivity (Wildman–Crippen MR) is 239 cm³/mol. The average molecular weight is 799 g/mol. The number of hydrogen-bond donors (Lipinski definition) is 0. The number of ether oxygens (including phenoxy) is 3. The third-order valence-corrected chi connectivity index (χ3v) is 17.3. The second kappa shape index (κ2) is 20.7. The van der Waals surface area contributed by atoms with E-state index in [0.717, 1.165) is 103 Å². The van der Waals surface area contributed by atoms with Crippen molar-refractivity contribution in [3.05, 3.63) is 65.7 Å². The van der Waals surface area contributed by atoms with Crippen LogP contribution in [0.1, 0.15) is 153 Å². The molecule has 0 bridgehead atoms. The van der Waals surface area contributed by atoms with E-state index in [1.807, 2.05) is 54.6 Å². The van der Waals surface area contributed by atoms with Crippen molar-refractivity contribution in [2.45, 2.75) is 150 Å². The van der Waals surface area contributed by atoms with Gasteiger partial charge in [0.1, 0.15) is 11.5 Å². The van der Waals surface area contributed by atoms with Crippen LogP contribution in [0.15, 0.2) is 54.6 Å². The van der Waals surface area contributed by atoms with Gasteiger partial charge in [-0.05, 0) is 184 Å². The lowest BCUT2D eigenvalue weighted by molar-refractivity contribution is -0.126. The number of benzene rings is 2. The normalized spacial score (nSPS) is 30.7. The maximum atomic E-state index is 13.1. The Kier molecular flexibility index (Phi) is 16.0. The number of hydrogen-bond acceptors (Lipinski definition) is 5. The summed E-state index contributed by atoms with van der Waals surface area (Å²) in [6.07, 6.45) is 25.5. The van der Waals surface area contributed by atoms with E-state index in [2.05, 4.69) is 41.2 Å². The van der Waals surface area contributed by atoms with Crippen molar-refractivity contribution in [3.8, 4) is 11.5 Å². The lowest BCUT2D eigenvalue weighted by Gasteiger charge is -2.61. The van der Waals surface area contributed by atoms with Crippen molar-refractivity contribution >= 4 is 20.9 Å². The third kappa shape index (κ3) is 11.3. The van der Waals surface area contributed by atoms with Gasteiger partial charge in [0.15, 0.2) is 14.8 Å². The number of allylic oxidation sites excluding steroid dienone is 1. The van der Waals surface area contributed by atoms with Gasteiger partial charge in [-0.1, -0.05) is 78.5 Å². The van der Waals surface area contributed by atoms with Crippen LogP contribution in [0.5, 0.6) is 11.5 Å². The molecule has 6 heteroatoms. The molecule has 2 aromatic rings. The van der Waals surface area contributed by atoms with Gasteiger partial charge in [0.2, 0.25) is 0 Å². The fraction of sp³-hybridized carbons (Fsp3) is 0.706. The van der Waals surface area contributed by atoms with E-state index >= 15 is 0 Å². The summed E-state index contributed by atoms with van der Waals surface area (Å²) in [5, 5.41) is 0. The van der Waals surface area contributed by atoms with Crippen LogP contribution in [-0.2, 0) is 9.16 Å². The molecule has 0 spiro atoms. The van der Waals surface area contributed by atoms with Gasteiger partial charge in [0.25, 0.3) is 0 Å². The van der Waals surface area contributed by atoms with Gasteiger partial charge < -0.3 is 18.6 Å². The Balaban J connectivity index is 0.913. The standard InChI is InChI=1S/C51H78O5Si/c1-37(2)13-12-14-38(3)46-26-27-47-45-25-20-41-35-44(29-31-50(41,4)48(45)30-32-51(46,47)5)56-43-23-18-40(19-24-43)49(52)28-17-39-15-21-42(22-16-39)55-34-11-9-8-10-33-54-36-57(7)53-6/h15-19,21-24,28,37-38,41,44-48,57H,8-14,20,25-27,29-36H2,1-7H3/b28-17+. The van der Waals surface area contributed by atoms with Crippen LogP contribution in [0.3, 0.4) is 0 Å². The first-order valence-corrected chi connectivity index (χ1v) is 25.8. The third-order valence-electron chi connectivity index (χ3n) is 15.8. The summed E-state index contributed by atoms with van der Waals surface area (Å²) in [7, 11) is 0.667. The monoisotopic (exact) mass is 799 g/mol. The molecule has 0 radical (unpaired) electrons. The van der Waals surface area contributed by atoms with Crippen molar-refractivity contribution in [1.29, 1.82) is 0 Å². The number of rotatable bonds is 21. The SMILES string of the molecule is CO[SiH](C)COCCCCCCOc1ccc(/C=C/C(=O)c2ccc(OC3CCC4(C)C(CCC5C4CCC4(C)C(C(C)CCCC(C)C)CCC54)C3)cc2)cc1. The predicted octanol–water partition coefficient (Wildman–Crippen LogP) is 12.9. The Morgan fingerprint density at radius 1 is 0.789 bits per heavy atom. The summed E-state index contributed by atoms with van der Waals surface area (Å²) >= 11 is 0. The number of unbranched alkanes of at least 4 members (excludes halogenated alkanes) is 3. The molecule has 0 heterocycles. The summed E-state index contributed by atoms with van der Waals surface area (Å²) < 4.78 is 23.6. The maximum absolute atomic E-state index is 13.1. The molecule has 4 fully saturated rings. The minimum absolute atomic E-state index is 0.00509. The van der Waals surface area contributed by atoms with Crippen LogP contribution in [0, 0.1) is 52.3 Å². The highest BCUT2D eigenvalue weighted by Crippen LogP contribution is 2.68. The molecule has 0 N–H and O–H groups in total. The van der Waals surface area contributed by atoms with E-state index in [4.69, 9.17) is 18.6 Å². The van der Waals surface area contributed by atoms with Crippen molar-refractivity contribution in [2.75, 3.05) is 26.6 Å². The highest BCUT2D eigenvalue weighted by Gasteiger charge is 2.60. The molecular formula is C51H78O5Si. The van der Waals surface area contributed by atoms with E-state index in [1.165, 1.54) is 70.6 Å². The first kappa shape index (κ1) is 44.1. The quantitative estimate of drug-likeness (QED) is 0.0545. The molecule has 4 saturated carbocycles.